The minimum Gasteiger partial charge on any atom is -0.371 e. The summed E-state index contributed by atoms with van der Waals surface area (Å²) in [6, 6.07) is 0.354. The van der Waals surface area contributed by atoms with Gasteiger partial charge in [-0.2, -0.15) is 5.10 Å². The summed E-state index contributed by atoms with van der Waals surface area (Å²) in [5.41, 5.74) is 0.785. The molecular weight excluding hydrogens is 306 g/mol. The number of carbonyl (C=O) groups excluding carboxylic acids is 2. The average molecular weight is 333 g/mol. The van der Waals surface area contributed by atoms with E-state index in [0.29, 0.717) is 6.04 Å². The van der Waals surface area contributed by atoms with Gasteiger partial charge in [0.15, 0.2) is 0 Å². The lowest BCUT2D eigenvalue weighted by molar-refractivity contribution is -0.129. The summed E-state index contributed by atoms with van der Waals surface area (Å²) < 4.78 is 1.62. The van der Waals surface area contributed by atoms with Crippen LogP contribution in [0.25, 0.3) is 0 Å². The van der Waals surface area contributed by atoms with Crippen LogP contribution in [0.4, 0.5) is 5.69 Å². The molecule has 1 saturated heterocycles. The molecule has 1 atom stereocenters. The molecule has 132 valence electrons. The van der Waals surface area contributed by atoms with Crippen LogP contribution < -0.4 is 10.6 Å². The van der Waals surface area contributed by atoms with Crippen molar-refractivity contribution in [1.29, 1.82) is 0 Å². The molecule has 1 aliphatic carbocycles. The molecule has 1 saturated carbocycles. The van der Waals surface area contributed by atoms with Gasteiger partial charge in [-0.15, -0.1) is 0 Å². The number of amides is 2. The highest BCUT2D eigenvalue weighted by Crippen LogP contribution is 2.19. The van der Waals surface area contributed by atoms with Crippen LogP contribution in [0.15, 0.2) is 12.4 Å². The molecule has 2 amide bonds. The highest BCUT2D eigenvalue weighted by Gasteiger charge is 2.33. The molecule has 7 nitrogen and oxygen atoms in total. The van der Waals surface area contributed by atoms with Crippen LogP contribution >= 0.6 is 0 Å². The van der Waals surface area contributed by atoms with Crippen molar-refractivity contribution >= 4 is 17.5 Å². The van der Waals surface area contributed by atoms with E-state index in [1.165, 1.54) is 12.8 Å². The maximum Gasteiger partial charge on any atom is 0.245 e. The Morgan fingerprint density at radius 3 is 2.75 bits per heavy atom. The number of hydrogen-bond donors (Lipinski definition) is 2. The summed E-state index contributed by atoms with van der Waals surface area (Å²) in [5.74, 6) is 0.135. The number of nitrogens with one attached hydrogen (secondary N) is 2. The topological polar surface area (TPSA) is 79.3 Å². The van der Waals surface area contributed by atoms with Gasteiger partial charge in [-0.3, -0.25) is 14.3 Å². The second kappa shape index (κ2) is 7.23. The molecule has 3 rings (SSSR count). The Bertz CT molecular complexity index is 592. The highest BCUT2D eigenvalue weighted by molar-refractivity contribution is 5.86. The van der Waals surface area contributed by atoms with Crippen LogP contribution in [0.3, 0.4) is 0 Å². The molecule has 0 radical (unpaired) electrons. The molecule has 24 heavy (non-hydrogen) atoms. The number of aromatic nitrogens is 2. The van der Waals surface area contributed by atoms with Crippen LogP contribution in [-0.2, 0) is 16.1 Å². The fourth-order valence-corrected chi connectivity index (χ4v) is 3.56. The van der Waals surface area contributed by atoms with E-state index < -0.39 is 0 Å². The van der Waals surface area contributed by atoms with Gasteiger partial charge in [-0.25, -0.2) is 0 Å². The molecule has 0 aromatic carbocycles. The summed E-state index contributed by atoms with van der Waals surface area (Å²) in [4.78, 5) is 26.2. The number of hydrogen-bond acceptors (Lipinski definition) is 4. The van der Waals surface area contributed by atoms with Crippen molar-refractivity contribution in [3.05, 3.63) is 12.4 Å². The molecule has 0 spiro atoms. The SMILES string of the molecule is CC(C)N1CC[C@H](Nc2cnn(CC(=O)NC3CCCC3)c2)C1=O. The third kappa shape index (κ3) is 3.88. The minimum absolute atomic E-state index is 0.000485. The molecular formula is C17H27N5O2. The van der Waals surface area contributed by atoms with E-state index in [1.54, 1.807) is 17.1 Å². The van der Waals surface area contributed by atoms with Gasteiger partial charge >= 0.3 is 0 Å². The van der Waals surface area contributed by atoms with Crippen molar-refractivity contribution in [2.45, 2.75) is 70.6 Å². The van der Waals surface area contributed by atoms with Crippen molar-refractivity contribution in [2.75, 3.05) is 11.9 Å². The van der Waals surface area contributed by atoms with Gasteiger partial charge in [-0.05, 0) is 33.1 Å². The normalized spacial score (nSPS) is 21.7. The number of anilines is 1. The molecule has 7 heteroatoms. The zero-order chi connectivity index (χ0) is 17.1. The van der Waals surface area contributed by atoms with Crippen molar-refractivity contribution < 1.29 is 9.59 Å². The Morgan fingerprint density at radius 1 is 1.33 bits per heavy atom. The molecule has 2 N–H and O–H groups in total. The first-order chi connectivity index (χ1) is 11.5. The molecule has 2 heterocycles. The van der Waals surface area contributed by atoms with Crippen molar-refractivity contribution in [3.63, 3.8) is 0 Å². The van der Waals surface area contributed by atoms with Crippen LogP contribution in [-0.4, -0.2) is 51.2 Å². The van der Waals surface area contributed by atoms with Gasteiger partial charge in [-0.1, -0.05) is 12.8 Å². The van der Waals surface area contributed by atoms with E-state index in [9.17, 15) is 9.59 Å². The quantitative estimate of drug-likeness (QED) is 0.824. The average Bonchev–Trinajstić information content (AvgIpc) is 3.23. The summed E-state index contributed by atoms with van der Waals surface area (Å²) in [6.45, 7) is 5.06. The van der Waals surface area contributed by atoms with Gasteiger partial charge in [0.05, 0.1) is 11.9 Å². The monoisotopic (exact) mass is 333 g/mol. The summed E-state index contributed by atoms with van der Waals surface area (Å²) in [5, 5.41) is 10.5. The van der Waals surface area contributed by atoms with Crippen LogP contribution in [0.5, 0.6) is 0 Å². The Kier molecular flexibility index (Phi) is 5.06. The lowest BCUT2D eigenvalue weighted by atomic mass is 10.2. The van der Waals surface area contributed by atoms with E-state index in [4.69, 9.17) is 0 Å². The van der Waals surface area contributed by atoms with Gasteiger partial charge < -0.3 is 15.5 Å². The molecule has 2 fully saturated rings. The minimum atomic E-state index is -0.197. The standard InChI is InChI=1S/C17H27N5O2/c1-12(2)22-8-7-15(17(22)24)19-14-9-18-21(10-14)11-16(23)20-13-5-3-4-6-13/h9-10,12-13,15,19H,3-8,11H2,1-2H3,(H,20,23)/t15-/m0/s1. The van der Waals surface area contributed by atoms with E-state index in [2.05, 4.69) is 15.7 Å². The number of carbonyl (C=O) groups is 2. The second-order valence-corrected chi connectivity index (χ2v) is 7.09. The maximum absolute atomic E-state index is 12.3. The van der Waals surface area contributed by atoms with Crippen molar-refractivity contribution in [3.8, 4) is 0 Å². The van der Waals surface area contributed by atoms with Gasteiger partial charge in [0, 0.05) is 24.8 Å². The third-order valence-electron chi connectivity index (χ3n) is 4.86. The first kappa shape index (κ1) is 16.8. The first-order valence-electron chi connectivity index (χ1n) is 8.92. The maximum atomic E-state index is 12.3. The van der Waals surface area contributed by atoms with Gasteiger partial charge in [0.1, 0.15) is 12.6 Å². The zero-order valence-electron chi connectivity index (χ0n) is 14.5. The molecule has 0 bridgehead atoms. The van der Waals surface area contributed by atoms with E-state index in [-0.39, 0.29) is 30.4 Å². The third-order valence-corrected chi connectivity index (χ3v) is 4.86. The first-order valence-corrected chi connectivity index (χ1v) is 8.92. The number of likely N-dealkylation sites (tertiary alicyclic amines) is 1. The van der Waals surface area contributed by atoms with E-state index in [0.717, 1.165) is 31.5 Å². The van der Waals surface area contributed by atoms with Crippen molar-refractivity contribution in [1.82, 2.24) is 20.0 Å². The lowest BCUT2D eigenvalue weighted by Crippen LogP contribution is -2.37. The van der Waals surface area contributed by atoms with Crippen LogP contribution in [0.1, 0.15) is 46.0 Å². The molecule has 2 aliphatic rings. The van der Waals surface area contributed by atoms with Gasteiger partial charge in [0.25, 0.3) is 0 Å². The zero-order valence-corrected chi connectivity index (χ0v) is 14.5. The lowest BCUT2D eigenvalue weighted by Gasteiger charge is -2.21. The van der Waals surface area contributed by atoms with Crippen LogP contribution in [0, 0.1) is 0 Å². The predicted molar refractivity (Wildman–Crippen MR) is 91.5 cm³/mol. The predicted octanol–water partition coefficient (Wildman–Crippen LogP) is 1.36. The van der Waals surface area contributed by atoms with Crippen molar-refractivity contribution in [2.24, 2.45) is 0 Å². The fourth-order valence-electron chi connectivity index (χ4n) is 3.56. The molecule has 0 unspecified atom stereocenters. The summed E-state index contributed by atoms with van der Waals surface area (Å²) in [6.07, 6.45) is 8.81. The Morgan fingerprint density at radius 2 is 2.08 bits per heavy atom. The number of rotatable bonds is 6. The molecule has 1 aromatic heterocycles. The molecule has 1 aliphatic heterocycles. The Labute approximate surface area is 142 Å². The van der Waals surface area contributed by atoms with Gasteiger partial charge in [0.2, 0.25) is 11.8 Å². The highest BCUT2D eigenvalue weighted by atomic mass is 16.2. The van der Waals surface area contributed by atoms with Crippen LogP contribution in [0.2, 0.25) is 0 Å². The summed E-state index contributed by atoms with van der Waals surface area (Å²) >= 11 is 0. The number of nitrogens with zero attached hydrogens (tertiary/aromatic N) is 3. The molecule has 1 aromatic rings. The smallest absolute Gasteiger partial charge is 0.245 e. The Hall–Kier alpha value is -2.05. The van der Waals surface area contributed by atoms with E-state index in [1.807, 2.05) is 18.7 Å². The Balaban J connectivity index is 1.50. The fraction of sp³-hybridized carbons (Fsp3) is 0.706. The second-order valence-electron chi connectivity index (χ2n) is 7.09. The largest absolute Gasteiger partial charge is 0.371 e. The summed E-state index contributed by atoms with van der Waals surface area (Å²) in [7, 11) is 0. The van der Waals surface area contributed by atoms with E-state index >= 15 is 0 Å².